The normalized spacial score (nSPS) is 18.6. The Morgan fingerprint density at radius 2 is 2.30 bits per heavy atom. The van der Waals surface area contributed by atoms with Gasteiger partial charge >= 0.3 is 0 Å². The summed E-state index contributed by atoms with van der Waals surface area (Å²) >= 11 is 3.40. The summed E-state index contributed by atoms with van der Waals surface area (Å²) < 4.78 is 6.51. The summed E-state index contributed by atoms with van der Waals surface area (Å²) in [4.78, 5) is 12.1. The van der Waals surface area contributed by atoms with Crippen LogP contribution >= 0.6 is 15.9 Å². The molecule has 0 spiro atoms. The van der Waals surface area contributed by atoms with Gasteiger partial charge in [0.2, 0.25) is 0 Å². The quantitative estimate of drug-likeness (QED) is 0.884. The Kier molecular flexibility index (Phi) is 3.81. The fourth-order valence-corrected chi connectivity index (χ4v) is 2.62. The van der Waals surface area contributed by atoms with E-state index in [1.54, 1.807) is 0 Å². The molecule has 1 aromatic rings. The first kappa shape index (κ1) is 13.6. The van der Waals surface area contributed by atoms with Crippen LogP contribution in [0.15, 0.2) is 28.2 Å². The summed E-state index contributed by atoms with van der Waals surface area (Å²) in [6.07, 6.45) is 3.53. The second kappa shape index (κ2) is 5.58. The molecule has 2 N–H and O–H groups in total. The highest BCUT2D eigenvalue weighted by Gasteiger charge is 2.30. The third kappa shape index (κ3) is 3.04. The van der Waals surface area contributed by atoms with E-state index in [0.29, 0.717) is 18.0 Å². The number of hydrogen-bond acceptors (Lipinski definition) is 3. The summed E-state index contributed by atoms with van der Waals surface area (Å²) in [7, 11) is 0. The number of aliphatic hydroxyl groups excluding tert-OH is 1. The highest BCUT2D eigenvalue weighted by atomic mass is 79.9. The lowest BCUT2D eigenvalue weighted by atomic mass is 10.1. The Balaban J connectivity index is 1.66. The molecule has 1 unspecified atom stereocenters. The summed E-state index contributed by atoms with van der Waals surface area (Å²) in [6, 6.07) is 5.70. The molecule has 4 nitrogen and oxygen atoms in total. The summed E-state index contributed by atoms with van der Waals surface area (Å²) in [5, 5.41) is 12.5. The van der Waals surface area contributed by atoms with Crippen LogP contribution in [0.3, 0.4) is 0 Å². The number of fused-ring (bicyclic) bond motifs is 1. The maximum atomic E-state index is 12.1. The molecule has 106 valence electrons. The SMILES string of the molecule is O=C(NCC(O)C1CC1)C1=Cc2cc(Br)ccc2OC1. The molecule has 1 amide bonds. The molecule has 1 atom stereocenters. The number of hydrogen-bond donors (Lipinski definition) is 2. The maximum absolute atomic E-state index is 12.1. The lowest BCUT2D eigenvalue weighted by molar-refractivity contribution is -0.118. The molecule has 1 heterocycles. The molecule has 1 saturated carbocycles. The van der Waals surface area contributed by atoms with Crippen LogP contribution in [0, 0.1) is 5.92 Å². The van der Waals surface area contributed by atoms with Crippen LogP contribution in [0.25, 0.3) is 6.08 Å². The largest absolute Gasteiger partial charge is 0.488 e. The number of halogens is 1. The minimum atomic E-state index is -0.425. The van der Waals surface area contributed by atoms with Crippen LogP contribution in [0.5, 0.6) is 5.75 Å². The van der Waals surface area contributed by atoms with Gasteiger partial charge in [0.05, 0.1) is 11.7 Å². The van der Waals surface area contributed by atoms with Crippen molar-refractivity contribution >= 4 is 27.9 Å². The van der Waals surface area contributed by atoms with Gasteiger partial charge in [-0.15, -0.1) is 0 Å². The molecule has 0 bridgehead atoms. The van der Waals surface area contributed by atoms with Crippen LogP contribution in [-0.2, 0) is 4.79 Å². The van der Waals surface area contributed by atoms with Crippen molar-refractivity contribution in [3.05, 3.63) is 33.8 Å². The Morgan fingerprint density at radius 1 is 1.50 bits per heavy atom. The molecular weight excluding hydrogens is 322 g/mol. The van der Waals surface area contributed by atoms with Gasteiger partial charge in [-0.2, -0.15) is 0 Å². The van der Waals surface area contributed by atoms with Crippen molar-refractivity contribution in [2.45, 2.75) is 18.9 Å². The average molecular weight is 338 g/mol. The fraction of sp³-hybridized carbons (Fsp3) is 0.400. The number of rotatable bonds is 4. The van der Waals surface area contributed by atoms with Crippen molar-refractivity contribution in [2.75, 3.05) is 13.2 Å². The topological polar surface area (TPSA) is 58.6 Å². The minimum absolute atomic E-state index is 0.171. The first-order valence-electron chi connectivity index (χ1n) is 6.72. The predicted octanol–water partition coefficient (Wildman–Crippen LogP) is 2.11. The molecule has 1 aliphatic carbocycles. The van der Waals surface area contributed by atoms with Crippen LogP contribution in [-0.4, -0.2) is 30.3 Å². The van der Waals surface area contributed by atoms with Crippen LogP contribution in [0.1, 0.15) is 18.4 Å². The van der Waals surface area contributed by atoms with Gasteiger partial charge in [0.1, 0.15) is 12.4 Å². The van der Waals surface area contributed by atoms with Crippen molar-refractivity contribution in [3.8, 4) is 5.75 Å². The van der Waals surface area contributed by atoms with Gasteiger partial charge in [-0.3, -0.25) is 4.79 Å². The Hall–Kier alpha value is -1.33. The molecule has 2 aliphatic rings. The van der Waals surface area contributed by atoms with Gasteiger partial charge in [0.15, 0.2) is 0 Å². The van der Waals surface area contributed by atoms with Gasteiger partial charge < -0.3 is 15.2 Å². The number of amides is 1. The van der Waals surface area contributed by atoms with E-state index >= 15 is 0 Å². The highest BCUT2D eigenvalue weighted by molar-refractivity contribution is 9.10. The molecule has 20 heavy (non-hydrogen) atoms. The summed E-state index contributed by atoms with van der Waals surface area (Å²) in [5.41, 5.74) is 1.47. The number of ether oxygens (including phenoxy) is 1. The second-order valence-electron chi connectivity index (χ2n) is 5.26. The third-order valence-electron chi connectivity index (χ3n) is 3.61. The van der Waals surface area contributed by atoms with E-state index in [2.05, 4.69) is 21.2 Å². The third-order valence-corrected chi connectivity index (χ3v) is 4.11. The van der Waals surface area contributed by atoms with Crippen molar-refractivity contribution in [1.82, 2.24) is 5.32 Å². The number of nitrogens with one attached hydrogen (secondary N) is 1. The first-order valence-corrected chi connectivity index (χ1v) is 7.52. The van der Waals surface area contributed by atoms with Gasteiger partial charge in [-0.25, -0.2) is 0 Å². The fourth-order valence-electron chi connectivity index (χ4n) is 2.24. The second-order valence-corrected chi connectivity index (χ2v) is 6.17. The van der Waals surface area contributed by atoms with Crippen LogP contribution in [0.2, 0.25) is 0 Å². The summed E-state index contributed by atoms with van der Waals surface area (Å²) in [5.74, 6) is 0.974. The maximum Gasteiger partial charge on any atom is 0.250 e. The predicted molar refractivity (Wildman–Crippen MR) is 79.4 cm³/mol. The standard InChI is InChI=1S/C15H16BrNO3/c16-12-3-4-14-10(6-12)5-11(8-20-14)15(19)17-7-13(18)9-1-2-9/h3-6,9,13,18H,1-2,7-8H2,(H,17,19). The van der Waals surface area contributed by atoms with Gasteiger partial charge in [-0.1, -0.05) is 15.9 Å². The van der Waals surface area contributed by atoms with Gasteiger partial charge in [0, 0.05) is 16.6 Å². The van der Waals surface area contributed by atoms with Gasteiger partial charge in [-0.05, 0) is 43.0 Å². The molecule has 0 aromatic heterocycles. The van der Waals surface area contributed by atoms with Crippen LogP contribution < -0.4 is 10.1 Å². The van der Waals surface area contributed by atoms with E-state index in [4.69, 9.17) is 4.74 Å². The van der Waals surface area contributed by atoms with Crippen molar-refractivity contribution in [1.29, 1.82) is 0 Å². The number of aliphatic hydroxyl groups is 1. The lowest BCUT2D eigenvalue weighted by Crippen LogP contribution is -2.35. The average Bonchev–Trinajstić information content (AvgIpc) is 3.28. The molecular formula is C15H16BrNO3. The van der Waals surface area contributed by atoms with Crippen molar-refractivity contribution < 1.29 is 14.6 Å². The monoisotopic (exact) mass is 337 g/mol. The van der Waals surface area contributed by atoms with Crippen molar-refractivity contribution in [3.63, 3.8) is 0 Å². The molecule has 5 heteroatoms. The zero-order valence-corrected chi connectivity index (χ0v) is 12.5. The number of carbonyl (C=O) groups is 1. The Bertz CT molecular complexity index is 566. The van der Waals surface area contributed by atoms with E-state index in [-0.39, 0.29) is 12.5 Å². The van der Waals surface area contributed by atoms with Gasteiger partial charge in [0.25, 0.3) is 5.91 Å². The highest BCUT2D eigenvalue weighted by Crippen LogP contribution is 2.32. The van der Waals surface area contributed by atoms with Crippen LogP contribution in [0.4, 0.5) is 0 Å². The molecule has 0 radical (unpaired) electrons. The van der Waals surface area contributed by atoms with E-state index in [9.17, 15) is 9.90 Å². The Morgan fingerprint density at radius 3 is 3.05 bits per heavy atom. The smallest absolute Gasteiger partial charge is 0.250 e. The Labute approximate surface area is 126 Å². The molecule has 1 aromatic carbocycles. The minimum Gasteiger partial charge on any atom is -0.488 e. The van der Waals surface area contributed by atoms with E-state index in [1.165, 1.54) is 0 Å². The molecule has 0 saturated heterocycles. The lowest BCUT2D eigenvalue weighted by Gasteiger charge is -2.18. The summed E-state index contributed by atoms with van der Waals surface area (Å²) in [6.45, 7) is 0.576. The van der Waals surface area contributed by atoms with E-state index in [1.807, 2.05) is 24.3 Å². The van der Waals surface area contributed by atoms with E-state index in [0.717, 1.165) is 28.6 Å². The van der Waals surface area contributed by atoms with E-state index < -0.39 is 6.10 Å². The molecule has 1 aliphatic heterocycles. The molecule has 3 rings (SSSR count). The van der Waals surface area contributed by atoms with Crippen molar-refractivity contribution in [2.24, 2.45) is 5.92 Å². The zero-order valence-electron chi connectivity index (χ0n) is 10.9. The number of carbonyl (C=O) groups excluding carboxylic acids is 1. The molecule has 1 fully saturated rings. The number of benzene rings is 1. The first-order chi connectivity index (χ1) is 9.63. The zero-order chi connectivity index (χ0) is 14.1.